The standard InChI is InChI=1S/C15H14F3N3O4/c16-15(17,18)11(22)6-19-12(23)13(24)20-8-3-4-10-9(5-8)21-14(25-10)7-1-2-7/h3-5,7,11,22H,1-2,6H2,(H,19,23)(H,20,24). The number of hydrogen-bond donors (Lipinski definition) is 3. The number of halogens is 3. The number of rotatable bonds is 4. The van der Waals surface area contributed by atoms with Crippen molar-refractivity contribution < 1.29 is 32.3 Å². The van der Waals surface area contributed by atoms with Gasteiger partial charge in [-0.25, -0.2) is 4.98 Å². The molecule has 1 heterocycles. The summed E-state index contributed by atoms with van der Waals surface area (Å²) in [5.74, 6) is -1.50. The molecule has 1 aliphatic rings. The zero-order valence-electron chi connectivity index (χ0n) is 12.8. The first kappa shape index (κ1) is 17.2. The number of aliphatic hydroxyl groups is 1. The highest BCUT2D eigenvalue weighted by Crippen LogP contribution is 2.40. The second-order valence-electron chi connectivity index (χ2n) is 5.73. The Morgan fingerprint density at radius 3 is 2.68 bits per heavy atom. The highest BCUT2D eigenvalue weighted by atomic mass is 19.4. The summed E-state index contributed by atoms with van der Waals surface area (Å²) in [5, 5.41) is 12.8. The van der Waals surface area contributed by atoms with E-state index >= 15 is 0 Å². The molecule has 10 heteroatoms. The Labute approximate surface area is 139 Å². The number of aliphatic hydroxyl groups excluding tert-OH is 1. The number of benzene rings is 1. The number of nitrogens with zero attached hydrogens (tertiary/aromatic N) is 1. The zero-order chi connectivity index (χ0) is 18.2. The molecule has 0 spiro atoms. The first-order valence-corrected chi connectivity index (χ1v) is 7.48. The van der Waals surface area contributed by atoms with E-state index in [4.69, 9.17) is 9.52 Å². The lowest BCUT2D eigenvalue weighted by molar-refractivity contribution is -0.201. The van der Waals surface area contributed by atoms with Crippen LogP contribution in [0.5, 0.6) is 0 Å². The molecule has 2 aromatic rings. The number of hydrogen-bond acceptors (Lipinski definition) is 5. The number of carbonyl (C=O) groups excluding carboxylic acids is 2. The van der Waals surface area contributed by atoms with E-state index in [2.05, 4.69) is 10.3 Å². The fourth-order valence-electron chi connectivity index (χ4n) is 2.10. The molecule has 3 N–H and O–H groups in total. The topological polar surface area (TPSA) is 104 Å². The normalized spacial score (nSPS) is 15.8. The van der Waals surface area contributed by atoms with Crippen LogP contribution in [0.3, 0.4) is 0 Å². The van der Waals surface area contributed by atoms with Crippen LogP contribution in [0.2, 0.25) is 0 Å². The lowest BCUT2D eigenvalue weighted by atomic mass is 10.3. The van der Waals surface area contributed by atoms with Gasteiger partial charge >= 0.3 is 18.0 Å². The lowest BCUT2D eigenvalue weighted by Gasteiger charge is -2.14. The Kier molecular flexibility index (Phi) is 4.38. The van der Waals surface area contributed by atoms with Crippen molar-refractivity contribution in [2.24, 2.45) is 0 Å². The molecule has 2 amide bonds. The van der Waals surface area contributed by atoms with E-state index in [1.165, 1.54) is 12.1 Å². The first-order valence-electron chi connectivity index (χ1n) is 7.48. The minimum absolute atomic E-state index is 0.250. The summed E-state index contributed by atoms with van der Waals surface area (Å²) in [6.45, 7) is -1.11. The SMILES string of the molecule is O=C(NCC(O)C(F)(F)F)C(=O)Nc1ccc2oc(C3CC3)nc2c1. The van der Waals surface area contributed by atoms with Crippen molar-refractivity contribution >= 4 is 28.6 Å². The van der Waals surface area contributed by atoms with Gasteiger partial charge in [0.05, 0.1) is 6.54 Å². The minimum Gasteiger partial charge on any atom is -0.440 e. The Bertz CT molecular complexity index is 814. The molecule has 0 saturated heterocycles. The zero-order valence-corrected chi connectivity index (χ0v) is 12.8. The fourth-order valence-corrected chi connectivity index (χ4v) is 2.10. The Morgan fingerprint density at radius 2 is 2.04 bits per heavy atom. The maximum atomic E-state index is 12.1. The molecule has 1 fully saturated rings. The number of aromatic nitrogens is 1. The highest BCUT2D eigenvalue weighted by Gasteiger charge is 2.38. The average Bonchev–Trinajstić information content (AvgIpc) is 3.31. The van der Waals surface area contributed by atoms with E-state index in [0.717, 1.165) is 12.8 Å². The number of oxazole rings is 1. The van der Waals surface area contributed by atoms with Crippen molar-refractivity contribution in [2.75, 3.05) is 11.9 Å². The van der Waals surface area contributed by atoms with Gasteiger partial charge in [0.25, 0.3) is 0 Å². The molecule has 25 heavy (non-hydrogen) atoms. The van der Waals surface area contributed by atoms with E-state index < -0.39 is 30.6 Å². The predicted octanol–water partition coefficient (Wildman–Crippen LogP) is 1.68. The second-order valence-corrected chi connectivity index (χ2v) is 5.73. The van der Waals surface area contributed by atoms with Gasteiger partial charge in [0, 0.05) is 11.6 Å². The van der Waals surface area contributed by atoms with Gasteiger partial charge in [-0.3, -0.25) is 9.59 Å². The van der Waals surface area contributed by atoms with Gasteiger partial charge in [-0.1, -0.05) is 0 Å². The maximum absolute atomic E-state index is 12.1. The van der Waals surface area contributed by atoms with Crippen LogP contribution in [0.1, 0.15) is 24.7 Å². The molecule has 1 aliphatic carbocycles. The second kappa shape index (κ2) is 6.36. The summed E-state index contributed by atoms with van der Waals surface area (Å²) in [7, 11) is 0. The Balaban J connectivity index is 1.60. The summed E-state index contributed by atoms with van der Waals surface area (Å²) < 4.78 is 42.0. The third-order valence-corrected chi connectivity index (χ3v) is 3.63. The van der Waals surface area contributed by atoms with Gasteiger partial charge < -0.3 is 20.2 Å². The number of fused-ring (bicyclic) bond motifs is 1. The van der Waals surface area contributed by atoms with Gasteiger partial charge in [-0.15, -0.1) is 0 Å². The third-order valence-electron chi connectivity index (χ3n) is 3.63. The van der Waals surface area contributed by atoms with Crippen LogP contribution in [0.15, 0.2) is 22.6 Å². The van der Waals surface area contributed by atoms with Crippen molar-refractivity contribution in [3.8, 4) is 0 Å². The molecule has 134 valence electrons. The van der Waals surface area contributed by atoms with E-state index in [-0.39, 0.29) is 5.69 Å². The van der Waals surface area contributed by atoms with E-state index in [1.54, 1.807) is 11.4 Å². The number of anilines is 1. The van der Waals surface area contributed by atoms with Crippen molar-refractivity contribution in [1.29, 1.82) is 0 Å². The molecular formula is C15H14F3N3O4. The van der Waals surface area contributed by atoms with Crippen molar-refractivity contribution in [3.63, 3.8) is 0 Å². The van der Waals surface area contributed by atoms with Crippen molar-refractivity contribution in [2.45, 2.75) is 31.0 Å². The summed E-state index contributed by atoms with van der Waals surface area (Å²) >= 11 is 0. The highest BCUT2D eigenvalue weighted by molar-refractivity contribution is 6.39. The molecule has 1 atom stereocenters. The molecule has 1 unspecified atom stereocenters. The summed E-state index contributed by atoms with van der Waals surface area (Å²) in [6, 6.07) is 4.57. The quantitative estimate of drug-likeness (QED) is 0.722. The van der Waals surface area contributed by atoms with Crippen LogP contribution in [-0.2, 0) is 9.59 Å². The molecule has 1 aromatic heterocycles. The first-order chi connectivity index (χ1) is 11.7. The number of alkyl halides is 3. The van der Waals surface area contributed by atoms with Crippen LogP contribution in [0.4, 0.5) is 18.9 Å². The molecule has 1 aromatic carbocycles. The molecule has 0 radical (unpaired) electrons. The molecule has 7 nitrogen and oxygen atoms in total. The molecule has 1 saturated carbocycles. The Morgan fingerprint density at radius 1 is 1.32 bits per heavy atom. The Hall–Kier alpha value is -2.62. The van der Waals surface area contributed by atoms with Gasteiger partial charge in [-0.2, -0.15) is 13.2 Å². The number of nitrogens with one attached hydrogen (secondary N) is 2. The predicted molar refractivity (Wildman–Crippen MR) is 79.7 cm³/mol. The van der Waals surface area contributed by atoms with E-state index in [9.17, 15) is 22.8 Å². The third kappa shape index (κ3) is 4.08. The van der Waals surface area contributed by atoms with Gasteiger partial charge in [0.15, 0.2) is 17.6 Å². The molecule has 3 rings (SSSR count). The van der Waals surface area contributed by atoms with Crippen LogP contribution in [0, 0.1) is 0 Å². The minimum atomic E-state index is -4.87. The van der Waals surface area contributed by atoms with Crippen LogP contribution in [-0.4, -0.2) is 40.7 Å². The maximum Gasteiger partial charge on any atom is 0.416 e. The fraction of sp³-hybridized carbons (Fsp3) is 0.400. The molecule has 0 aliphatic heterocycles. The average molecular weight is 357 g/mol. The van der Waals surface area contributed by atoms with Gasteiger partial charge in [-0.05, 0) is 31.0 Å². The van der Waals surface area contributed by atoms with Crippen LogP contribution >= 0.6 is 0 Å². The monoisotopic (exact) mass is 357 g/mol. The van der Waals surface area contributed by atoms with Crippen LogP contribution < -0.4 is 10.6 Å². The lowest BCUT2D eigenvalue weighted by Crippen LogP contribution is -2.44. The van der Waals surface area contributed by atoms with Gasteiger partial charge in [0.1, 0.15) is 5.52 Å². The van der Waals surface area contributed by atoms with Crippen molar-refractivity contribution in [3.05, 3.63) is 24.1 Å². The largest absolute Gasteiger partial charge is 0.440 e. The summed E-state index contributed by atoms with van der Waals surface area (Å²) in [5.41, 5.74) is 1.30. The summed E-state index contributed by atoms with van der Waals surface area (Å²) in [6.07, 6.45) is -5.58. The summed E-state index contributed by atoms with van der Waals surface area (Å²) in [4.78, 5) is 27.5. The number of amides is 2. The number of carbonyl (C=O) groups is 2. The van der Waals surface area contributed by atoms with Gasteiger partial charge in [0.2, 0.25) is 0 Å². The van der Waals surface area contributed by atoms with Crippen molar-refractivity contribution in [1.82, 2.24) is 10.3 Å². The molecule has 0 bridgehead atoms. The van der Waals surface area contributed by atoms with Crippen LogP contribution in [0.25, 0.3) is 11.1 Å². The smallest absolute Gasteiger partial charge is 0.416 e. The molecular weight excluding hydrogens is 343 g/mol. The van der Waals surface area contributed by atoms with E-state index in [1.807, 2.05) is 0 Å². The van der Waals surface area contributed by atoms with E-state index in [0.29, 0.717) is 22.9 Å².